The minimum atomic E-state index is -1.07. The highest BCUT2D eigenvalue weighted by molar-refractivity contribution is 5.41. The van der Waals surface area contributed by atoms with Crippen LogP contribution in [0.4, 0.5) is 10.1 Å². The SMILES string of the molecule is CN1CCC(F)(Cc2cccc(N)c2)C1. The summed E-state index contributed by atoms with van der Waals surface area (Å²) in [5.74, 6) is 0. The van der Waals surface area contributed by atoms with Crippen LogP contribution in [0.2, 0.25) is 0 Å². The van der Waals surface area contributed by atoms with Crippen molar-refractivity contribution >= 4 is 5.69 Å². The van der Waals surface area contributed by atoms with Gasteiger partial charge in [0.25, 0.3) is 0 Å². The lowest BCUT2D eigenvalue weighted by Crippen LogP contribution is -2.29. The maximum Gasteiger partial charge on any atom is 0.128 e. The Morgan fingerprint density at radius 3 is 2.93 bits per heavy atom. The van der Waals surface area contributed by atoms with E-state index in [1.807, 2.05) is 36.2 Å². The van der Waals surface area contributed by atoms with Gasteiger partial charge in [0.1, 0.15) is 5.67 Å². The van der Waals surface area contributed by atoms with Gasteiger partial charge in [-0.05, 0) is 31.2 Å². The molecule has 1 saturated heterocycles. The third kappa shape index (κ3) is 2.48. The summed E-state index contributed by atoms with van der Waals surface area (Å²) in [5.41, 5.74) is 6.31. The van der Waals surface area contributed by atoms with Crippen molar-refractivity contribution in [1.29, 1.82) is 0 Å². The predicted molar refractivity (Wildman–Crippen MR) is 60.5 cm³/mol. The van der Waals surface area contributed by atoms with Crippen LogP contribution in [-0.4, -0.2) is 30.7 Å². The molecule has 0 aromatic heterocycles. The fourth-order valence-electron chi connectivity index (χ4n) is 2.25. The Morgan fingerprint density at radius 2 is 2.33 bits per heavy atom. The van der Waals surface area contributed by atoms with Crippen LogP contribution in [0.3, 0.4) is 0 Å². The van der Waals surface area contributed by atoms with Gasteiger partial charge in [0.2, 0.25) is 0 Å². The van der Waals surface area contributed by atoms with Crippen molar-refractivity contribution in [3.63, 3.8) is 0 Å². The molecule has 3 heteroatoms. The molecule has 1 aliphatic heterocycles. The molecule has 0 saturated carbocycles. The van der Waals surface area contributed by atoms with Gasteiger partial charge in [-0.15, -0.1) is 0 Å². The molecule has 1 aromatic rings. The maximum atomic E-state index is 14.3. The lowest BCUT2D eigenvalue weighted by atomic mass is 9.95. The van der Waals surface area contributed by atoms with E-state index in [2.05, 4.69) is 0 Å². The lowest BCUT2D eigenvalue weighted by molar-refractivity contribution is 0.173. The number of halogens is 1. The molecular weight excluding hydrogens is 191 g/mol. The first-order valence-electron chi connectivity index (χ1n) is 5.29. The Bertz CT molecular complexity index is 353. The molecule has 1 unspecified atom stereocenters. The van der Waals surface area contributed by atoms with Gasteiger partial charge >= 0.3 is 0 Å². The number of alkyl halides is 1. The zero-order valence-corrected chi connectivity index (χ0v) is 9.04. The number of hydrogen-bond donors (Lipinski definition) is 1. The molecule has 2 nitrogen and oxygen atoms in total. The molecule has 0 bridgehead atoms. The fourth-order valence-corrected chi connectivity index (χ4v) is 2.25. The number of anilines is 1. The normalized spacial score (nSPS) is 27.1. The van der Waals surface area contributed by atoms with E-state index in [-0.39, 0.29) is 0 Å². The van der Waals surface area contributed by atoms with Crippen LogP contribution >= 0.6 is 0 Å². The number of nitrogens with zero attached hydrogens (tertiary/aromatic N) is 1. The molecule has 0 radical (unpaired) electrons. The van der Waals surface area contributed by atoms with Gasteiger partial charge in [-0.2, -0.15) is 0 Å². The van der Waals surface area contributed by atoms with E-state index in [1.54, 1.807) is 0 Å². The number of rotatable bonds is 2. The Kier molecular flexibility index (Phi) is 2.65. The molecule has 82 valence electrons. The van der Waals surface area contributed by atoms with Crippen molar-refractivity contribution in [2.75, 3.05) is 25.9 Å². The number of nitrogens with two attached hydrogens (primary N) is 1. The van der Waals surface area contributed by atoms with Crippen LogP contribution in [0, 0.1) is 0 Å². The molecule has 15 heavy (non-hydrogen) atoms. The summed E-state index contributed by atoms with van der Waals surface area (Å²) in [6.45, 7) is 1.38. The summed E-state index contributed by atoms with van der Waals surface area (Å²) in [6.07, 6.45) is 1.10. The standard InChI is InChI=1S/C12H17FN2/c1-15-6-5-12(13,9-15)8-10-3-2-4-11(14)7-10/h2-4,7H,5-6,8-9,14H2,1H3. The fraction of sp³-hybridized carbons (Fsp3) is 0.500. The first kappa shape index (κ1) is 10.4. The molecule has 0 aliphatic carbocycles. The molecule has 0 amide bonds. The van der Waals surface area contributed by atoms with E-state index in [1.165, 1.54) is 0 Å². The van der Waals surface area contributed by atoms with Crippen LogP contribution < -0.4 is 5.73 Å². The Labute approximate surface area is 89.9 Å². The average Bonchev–Trinajstić information content (AvgIpc) is 2.45. The Hall–Kier alpha value is -1.09. The summed E-state index contributed by atoms with van der Waals surface area (Å²) in [6, 6.07) is 7.51. The van der Waals surface area contributed by atoms with E-state index in [4.69, 9.17) is 5.73 Å². The number of hydrogen-bond acceptors (Lipinski definition) is 2. The molecule has 1 heterocycles. The van der Waals surface area contributed by atoms with Crippen LogP contribution in [-0.2, 0) is 6.42 Å². The van der Waals surface area contributed by atoms with Crippen LogP contribution in [0.25, 0.3) is 0 Å². The molecule has 2 N–H and O–H groups in total. The third-order valence-electron chi connectivity index (χ3n) is 2.97. The maximum absolute atomic E-state index is 14.3. The van der Waals surface area contributed by atoms with Crippen molar-refractivity contribution in [3.05, 3.63) is 29.8 Å². The first-order chi connectivity index (χ1) is 7.07. The molecular formula is C12H17FN2. The summed E-state index contributed by atoms with van der Waals surface area (Å²) in [5, 5.41) is 0. The van der Waals surface area contributed by atoms with Crippen molar-refractivity contribution < 1.29 is 4.39 Å². The summed E-state index contributed by atoms with van der Waals surface area (Å²) in [4.78, 5) is 2.03. The minimum absolute atomic E-state index is 0.475. The van der Waals surface area contributed by atoms with Crippen LogP contribution in [0.15, 0.2) is 24.3 Å². The highest BCUT2D eigenvalue weighted by Gasteiger charge is 2.36. The van der Waals surface area contributed by atoms with Gasteiger partial charge in [0.15, 0.2) is 0 Å². The van der Waals surface area contributed by atoms with Crippen LogP contribution in [0.5, 0.6) is 0 Å². The van der Waals surface area contributed by atoms with Gasteiger partial charge in [-0.1, -0.05) is 12.1 Å². The monoisotopic (exact) mass is 208 g/mol. The van der Waals surface area contributed by atoms with Crippen molar-refractivity contribution in [2.24, 2.45) is 0 Å². The largest absolute Gasteiger partial charge is 0.399 e. The van der Waals surface area contributed by atoms with Gasteiger partial charge in [0, 0.05) is 25.2 Å². The van der Waals surface area contributed by atoms with Gasteiger partial charge in [-0.3, -0.25) is 0 Å². The highest BCUT2D eigenvalue weighted by atomic mass is 19.1. The molecule has 2 rings (SSSR count). The number of nitrogen functional groups attached to an aromatic ring is 1. The predicted octanol–water partition coefficient (Wildman–Crippen LogP) is 1.86. The summed E-state index contributed by atoms with van der Waals surface area (Å²) < 4.78 is 14.3. The van der Waals surface area contributed by atoms with E-state index < -0.39 is 5.67 Å². The van der Waals surface area contributed by atoms with E-state index in [0.717, 1.165) is 12.1 Å². The smallest absolute Gasteiger partial charge is 0.128 e. The second kappa shape index (κ2) is 3.81. The van der Waals surface area contributed by atoms with Crippen molar-refractivity contribution in [1.82, 2.24) is 4.90 Å². The van der Waals surface area contributed by atoms with E-state index in [9.17, 15) is 4.39 Å². The summed E-state index contributed by atoms with van der Waals surface area (Å²) >= 11 is 0. The molecule has 0 spiro atoms. The van der Waals surface area contributed by atoms with Crippen molar-refractivity contribution in [2.45, 2.75) is 18.5 Å². The Morgan fingerprint density at radius 1 is 1.53 bits per heavy atom. The highest BCUT2D eigenvalue weighted by Crippen LogP contribution is 2.29. The number of benzene rings is 1. The zero-order chi connectivity index (χ0) is 10.9. The zero-order valence-electron chi connectivity index (χ0n) is 9.04. The van der Waals surface area contributed by atoms with Crippen LogP contribution in [0.1, 0.15) is 12.0 Å². The van der Waals surface area contributed by atoms with Crippen molar-refractivity contribution in [3.8, 4) is 0 Å². The molecule has 1 aromatic carbocycles. The average molecular weight is 208 g/mol. The van der Waals surface area contributed by atoms with Gasteiger partial charge < -0.3 is 10.6 Å². The molecule has 1 aliphatic rings. The first-order valence-corrected chi connectivity index (χ1v) is 5.29. The summed E-state index contributed by atoms with van der Waals surface area (Å²) in [7, 11) is 1.96. The number of likely N-dealkylation sites (tertiary alicyclic amines) is 1. The van der Waals surface area contributed by atoms with E-state index in [0.29, 0.717) is 25.1 Å². The quantitative estimate of drug-likeness (QED) is 0.752. The third-order valence-corrected chi connectivity index (χ3v) is 2.97. The Balaban J connectivity index is 2.08. The topological polar surface area (TPSA) is 29.3 Å². The van der Waals surface area contributed by atoms with Gasteiger partial charge in [0.05, 0.1) is 0 Å². The second-order valence-electron chi connectivity index (χ2n) is 4.56. The van der Waals surface area contributed by atoms with E-state index >= 15 is 0 Å². The van der Waals surface area contributed by atoms with Gasteiger partial charge in [-0.25, -0.2) is 4.39 Å². The lowest BCUT2D eigenvalue weighted by Gasteiger charge is -2.19. The molecule has 1 fully saturated rings. The molecule has 1 atom stereocenters. The second-order valence-corrected chi connectivity index (χ2v) is 4.56. The minimum Gasteiger partial charge on any atom is -0.399 e.